The van der Waals surface area contributed by atoms with Crippen LogP contribution in [0.25, 0.3) is 0 Å². The third-order valence-corrected chi connectivity index (χ3v) is 5.34. The molecule has 0 radical (unpaired) electrons. The van der Waals surface area contributed by atoms with Crippen LogP contribution in [0.3, 0.4) is 0 Å². The molecule has 1 saturated heterocycles. The van der Waals surface area contributed by atoms with E-state index in [0.717, 1.165) is 0 Å². The van der Waals surface area contributed by atoms with Crippen LogP contribution in [0.4, 0.5) is 0 Å². The molecule has 2 rings (SSSR count). The maximum atomic E-state index is 12.1. The highest BCUT2D eigenvalue weighted by Gasteiger charge is 2.48. The molecule has 1 heterocycles. The van der Waals surface area contributed by atoms with E-state index in [-0.39, 0.29) is 6.61 Å². The summed E-state index contributed by atoms with van der Waals surface area (Å²) in [5, 5.41) is 0. The van der Waals surface area contributed by atoms with Gasteiger partial charge in [0.1, 0.15) is 0 Å². The van der Waals surface area contributed by atoms with Gasteiger partial charge in [-0.2, -0.15) is 0 Å². The van der Waals surface area contributed by atoms with Crippen LogP contribution in [-0.4, -0.2) is 19.8 Å². The molecule has 82 valence electrons. The fourth-order valence-electron chi connectivity index (χ4n) is 1.62. The molecule has 1 atom stereocenters. The third kappa shape index (κ3) is 1.58. The molecule has 0 amide bonds. The summed E-state index contributed by atoms with van der Waals surface area (Å²) in [5.41, 5.74) is -0.0863. The second-order valence-corrected chi connectivity index (χ2v) is 6.98. The Hall–Kier alpha value is -0.870. The van der Waals surface area contributed by atoms with E-state index in [2.05, 4.69) is 0 Å². The number of ether oxygens (including phenoxy) is 1. The van der Waals surface area contributed by atoms with Crippen LogP contribution >= 0.6 is 0 Å². The van der Waals surface area contributed by atoms with Crippen molar-refractivity contribution in [2.24, 2.45) is 0 Å². The molecule has 1 aromatic carbocycles. The van der Waals surface area contributed by atoms with Crippen LogP contribution in [-0.2, 0) is 14.6 Å². The highest BCUT2D eigenvalue weighted by molar-refractivity contribution is 7.93. The van der Waals surface area contributed by atoms with Gasteiger partial charge in [0.2, 0.25) is 0 Å². The Bertz CT molecular complexity index is 448. The van der Waals surface area contributed by atoms with E-state index >= 15 is 0 Å². The lowest BCUT2D eigenvalue weighted by Crippen LogP contribution is -2.30. The van der Waals surface area contributed by atoms with Gasteiger partial charge in [-0.3, -0.25) is 0 Å². The van der Waals surface area contributed by atoms with Crippen LogP contribution in [0.5, 0.6) is 0 Å². The first-order valence-corrected chi connectivity index (χ1v) is 6.40. The monoisotopic (exact) mass is 226 g/mol. The van der Waals surface area contributed by atoms with Gasteiger partial charge in [-0.05, 0) is 19.4 Å². The number of hydrogen-bond acceptors (Lipinski definition) is 3. The average molecular weight is 226 g/mol. The van der Waals surface area contributed by atoms with Gasteiger partial charge in [-0.15, -0.1) is 0 Å². The summed E-state index contributed by atoms with van der Waals surface area (Å²) >= 11 is 0. The smallest absolute Gasteiger partial charge is 0.188 e. The van der Waals surface area contributed by atoms with Crippen molar-refractivity contribution in [1.82, 2.24) is 0 Å². The summed E-state index contributed by atoms with van der Waals surface area (Å²) in [6.07, 6.45) is 0. The van der Waals surface area contributed by atoms with Gasteiger partial charge in [-0.25, -0.2) is 8.42 Å². The highest BCUT2D eigenvalue weighted by Crippen LogP contribution is 2.39. The normalized spacial score (nSPS) is 27.7. The van der Waals surface area contributed by atoms with Crippen molar-refractivity contribution in [3.63, 3.8) is 0 Å². The first-order valence-electron chi connectivity index (χ1n) is 4.85. The molecule has 0 spiro atoms. The van der Waals surface area contributed by atoms with Gasteiger partial charge < -0.3 is 4.74 Å². The molecule has 1 aliphatic heterocycles. The molecule has 0 aromatic heterocycles. The number of sulfone groups is 1. The summed E-state index contributed by atoms with van der Waals surface area (Å²) in [5.74, 6) is 0. The van der Waals surface area contributed by atoms with Crippen molar-refractivity contribution < 1.29 is 13.2 Å². The topological polar surface area (TPSA) is 43.4 Å². The van der Waals surface area contributed by atoms with E-state index in [0.29, 0.717) is 5.56 Å². The zero-order valence-corrected chi connectivity index (χ0v) is 9.62. The molecular weight excluding hydrogens is 212 g/mol. The maximum Gasteiger partial charge on any atom is 0.188 e. The zero-order valence-electron chi connectivity index (χ0n) is 8.80. The molecule has 15 heavy (non-hydrogen) atoms. The Balaban J connectivity index is 2.44. The first-order chi connectivity index (χ1) is 6.95. The minimum Gasteiger partial charge on any atom is -0.356 e. The largest absolute Gasteiger partial charge is 0.356 e. The quantitative estimate of drug-likeness (QED) is 0.734. The van der Waals surface area contributed by atoms with Crippen LogP contribution in [0.1, 0.15) is 24.8 Å². The first kappa shape index (κ1) is 10.6. The highest BCUT2D eigenvalue weighted by atomic mass is 32.2. The predicted molar refractivity (Wildman–Crippen MR) is 58.1 cm³/mol. The molecule has 0 aliphatic carbocycles. The summed E-state index contributed by atoms with van der Waals surface area (Å²) in [4.78, 5) is 0. The van der Waals surface area contributed by atoms with Crippen molar-refractivity contribution in [3.05, 3.63) is 35.9 Å². The third-order valence-electron chi connectivity index (χ3n) is 2.71. The van der Waals surface area contributed by atoms with E-state index in [1.165, 1.54) is 0 Å². The fraction of sp³-hybridized carbons (Fsp3) is 0.455. The van der Waals surface area contributed by atoms with Crippen molar-refractivity contribution in [2.45, 2.75) is 24.0 Å². The molecule has 1 fully saturated rings. The summed E-state index contributed by atoms with van der Waals surface area (Å²) in [6, 6.07) is 9.06. The Labute approximate surface area is 90.0 Å². The van der Waals surface area contributed by atoms with E-state index in [4.69, 9.17) is 4.74 Å². The molecule has 0 N–H and O–H groups in total. The molecule has 4 heteroatoms. The van der Waals surface area contributed by atoms with Gasteiger partial charge in [0, 0.05) is 0 Å². The number of hydrogen-bond donors (Lipinski definition) is 0. The molecule has 0 saturated carbocycles. The van der Waals surface area contributed by atoms with Crippen molar-refractivity contribution >= 4 is 9.84 Å². The molecule has 1 aromatic rings. The van der Waals surface area contributed by atoms with Gasteiger partial charge in [0.25, 0.3) is 0 Å². The van der Waals surface area contributed by atoms with E-state index < -0.39 is 20.0 Å². The van der Waals surface area contributed by atoms with Crippen molar-refractivity contribution in [2.75, 3.05) is 6.61 Å². The summed E-state index contributed by atoms with van der Waals surface area (Å²) in [6.45, 7) is 3.66. The zero-order chi connectivity index (χ0) is 11.1. The fourth-order valence-corrected chi connectivity index (χ4v) is 3.20. The van der Waals surface area contributed by atoms with Crippen LogP contribution in [0.15, 0.2) is 30.3 Å². The Morgan fingerprint density at radius 2 is 1.87 bits per heavy atom. The SMILES string of the molecule is CC1(C)COC(c2ccccc2)S1(=O)=O. The molecular formula is C11H14O3S. The lowest BCUT2D eigenvalue weighted by molar-refractivity contribution is 0.122. The molecule has 3 nitrogen and oxygen atoms in total. The van der Waals surface area contributed by atoms with Crippen molar-refractivity contribution in [1.29, 1.82) is 0 Å². The second-order valence-electron chi connectivity index (χ2n) is 4.36. The summed E-state index contributed by atoms with van der Waals surface area (Å²) < 4.78 is 28.8. The number of rotatable bonds is 1. The standard InChI is InChI=1S/C11H14O3S/c1-11(2)8-14-10(15(11,12)13)9-6-4-3-5-7-9/h3-7,10H,8H2,1-2H3. The van der Waals surface area contributed by atoms with Crippen LogP contribution in [0, 0.1) is 0 Å². The second kappa shape index (κ2) is 3.32. The van der Waals surface area contributed by atoms with Gasteiger partial charge >= 0.3 is 0 Å². The van der Waals surface area contributed by atoms with Crippen molar-refractivity contribution in [3.8, 4) is 0 Å². The average Bonchev–Trinajstić information content (AvgIpc) is 2.39. The summed E-state index contributed by atoms with van der Waals surface area (Å²) in [7, 11) is -3.24. The molecule has 0 bridgehead atoms. The molecule has 1 unspecified atom stereocenters. The lowest BCUT2D eigenvalue weighted by atomic mass is 10.2. The Morgan fingerprint density at radius 1 is 1.27 bits per heavy atom. The van der Waals surface area contributed by atoms with E-state index in [1.54, 1.807) is 26.0 Å². The Kier molecular flexibility index (Phi) is 2.35. The molecule has 1 aliphatic rings. The Morgan fingerprint density at radius 3 is 2.33 bits per heavy atom. The van der Waals surface area contributed by atoms with Gasteiger partial charge in [0.05, 0.1) is 11.4 Å². The maximum absolute atomic E-state index is 12.1. The predicted octanol–water partition coefficient (Wildman–Crippen LogP) is 1.91. The van der Waals surface area contributed by atoms with E-state index in [1.807, 2.05) is 18.2 Å². The number of benzene rings is 1. The van der Waals surface area contributed by atoms with Crippen LogP contribution in [0.2, 0.25) is 0 Å². The minimum atomic E-state index is -3.24. The van der Waals surface area contributed by atoms with E-state index in [9.17, 15) is 8.42 Å². The van der Waals surface area contributed by atoms with Crippen LogP contribution < -0.4 is 0 Å². The lowest BCUT2D eigenvalue weighted by Gasteiger charge is -2.15. The minimum absolute atomic E-state index is 0.259. The van der Waals surface area contributed by atoms with Gasteiger partial charge in [-0.1, -0.05) is 30.3 Å². The van der Waals surface area contributed by atoms with Gasteiger partial charge in [0.15, 0.2) is 15.3 Å².